The van der Waals surface area contributed by atoms with Crippen molar-refractivity contribution in [2.45, 2.75) is 40.5 Å². The highest BCUT2D eigenvalue weighted by atomic mass is 16.5. The maximum Gasteiger partial charge on any atom is 0.330 e. The van der Waals surface area contributed by atoms with Crippen LogP contribution >= 0.6 is 0 Å². The van der Waals surface area contributed by atoms with Crippen LogP contribution in [0.25, 0.3) is 0 Å². The second-order valence-corrected chi connectivity index (χ2v) is 5.19. The second-order valence-electron chi connectivity index (χ2n) is 5.19. The van der Waals surface area contributed by atoms with Crippen molar-refractivity contribution in [2.24, 2.45) is 11.3 Å². The molecule has 0 rings (SSSR count). The van der Waals surface area contributed by atoms with E-state index in [4.69, 9.17) is 9.47 Å². The monoisotopic (exact) mass is 337 g/mol. The molecule has 0 aliphatic carbocycles. The molecule has 0 saturated carbocycles. The number of rotatable bonds is 10. The lowest BCUT2D eigenvalue weighted by molar-refractivity contribution is -0.151. The molecule has 0 amide bonds. The Labute approximate surface area is 141 Å². The number of carbonyl (C=O) groups excluding carboxylic acids is 4. The highest BCUT2D eigenvalue weighted by Crippen LogP contribution is 2.28. The van der Waals surface area contributed by atoms with Crippen molar-refractivity contribution in [3.8, 4) is 6.07 Å². The van der Waals surface area contributed by atoms with Gasteiger partial charge in [0.05, 0.1) is 19.3 Å². The molecule has 24 heavy (non-hydrogen) atoms. The Balaban J connectivity index is 5.24. The Bertz CT molecular complexity index is 560. The van der Waals surface area contributed by atoms with E-state index in [1.165, 1.54) is 13.8 Å². The SMILES string of the molecule is CCOC(=O)[C@H](C)C(=O)CC[C@@](C#N)(/C=C\C(C)=O)C(=O)OCC. The van der Waals surface area contributed by atoms with Gasteiger partial charge >= 0.3 is 11.9 Å². The predicted octanol–water partition coefficient (Wildman–Crippen LogP) is 1.75. The van der Waals surface area contributed by atoms with Crippen LogP contribution in [0.3, 0.4) is 0 Å². The fraction of sp³-hybridized carbons (Fsp3) is 0.588. The summed E-state index contributed by atoms with van der Waals surface area (Å²) in [5.41, 5.74) is -1.74. The number of nitrogens with zero attached hydrogens (tertiary/aromatic N) is 1. The fourth-order valence-corrected chi connectivity index (χ4v) is 1.85. The Morgan fingerprint density at radius 1 is 1.17 bits per heavy atom. The first-order chi connectivity index (χ1) is 11.2. The summed E-state index contributed by atoms with van der Waals surface area (Å²) < 4.78 is 9.66. The van der Waals surface area contributed by atoms with E-state index in [2.05, 4.69) is 0 Å². The van der Waals surface area contributed by atoms with Crippen molar-refractivity contribution in [1.29, 1.82) is 5.26 Å². The minimum absolute atomic E-state index is 0.0589. The summed E-state index contributed by atoms with van der Waals surface area (Å²) in [4.78, 5) is 46.9. The van der Waals surface area contributed by atoms with E-state index in [0.717, 1.165) is 12.2 Å². The Hall–Kier alpha value is -2.49. The van der Waals surface area contributed by atoms with Gasteiger partial charge in [0.1, 0.15) is 11.7 Å². The number of carbonyl (C=O) groups is 4. The summed E-state index contributed by atoms with van der Waals surface area (Å²) >= 11 is 0. The summed E-state index contributed by atoms with van der Waals surface area (Å²) in [5.74, 6) is -3.26. The van der Waals surface area contributed by atoms with Gasteiger partial charge in [-0.3, -0.25) is 14.4 Å². The lowest BCUT2D eigenvalue weighted by Gasteiger charge is -2.21. The molecule has 0 aromatic heterocycles. The number of allylic oxidation sites excluding steroid dienone is 1. The van der Waals surface area contributed by atoms with Gasteiger partial charge in [0, 0.05) is 6.42 Å². The van der Waals surface area contributed by atoms with E-state index in [-0.39, 0.29) is 31.8 Å². The Morgan fingerprint density at radius 3 is 2.21 bits per heavy atom. The number of Topliss-reactive ketones (excluding diaryl/α,β-unsaturated/α-hetero) is 1. The van der Waals surface area contributed by atoms with Gasteiger partial charge in [-0.05, 0) is 46.3 Å². The molecule has 0 saturated heterocycles. The first-order valence-electron chi connectivity index (χ1n) is 7.71. The number of ketones is 2. The topological polar surface area (TPSA) is 111 Å². The van der Waals surface area contributed by atoms with E-state index >= 15 is 0 Å². The van der Waals surface area contributed by atoms with Gasteiger partial charge in [0.2, 0.25) is 0 Å². The molecule has 0 spiro atoms. The number of esters is 2. The minimum Gasteiger partial charge on any atom is -0.465 e. The van der Waals surface area contributed by atoms with E-state index in [1.54, 1.807) is 13.8 Å². The molecule has 0 aliphatic rings. The zero-order valence-electron chi connectivity index (χ0n) is 14.5. The quantitative estimate of drug-likeness (QED) is 0.339. The number of hydrogen-bond acceptors (Lipinski definition) is 7. The van der Waals surface area contributed by atoms with Gasteiger partial charge in [-0.1, -0.05) is 0 Å². The predicted molar refractivity (Wildman–Crippen MR) is 84.5 cm³/mol. The van der Waals surface area contributed by atoms with E-state index in [1.807, 2.05) is 6.07 Å². The van der Waals surface area contributed by atoms with Crippen molar-refractivity contribution in [3.05, 3.63) is 12.2 Å². The maximum absolute atomic E-state index is 12.1. The first kappa shape index (κ1) is 21.5. The normalized spacial score (nSPS) is 14.3. The van der Waals surface area contributed by atoms with Crippen LogP contribution in [-0.4, -0.2) is 36.7 Å². The van der Waals surface area contributed by atoms with Crippen molar-refractivity contribution in [3.63, 3.8) is 0 Å². The van der Waals surface area contributed by atoms with E-state index in [0.29, 0.717) is 0 Å². The maximum atomic E-state index is 12.1. The van der Waals surface area contributed by atoms with Gasteiger partial charge in [-0.25, -0.2) is 4.79 Å². The molecule has 0 aliphatic heterocycles. The summed E-state index contributed by atoms with van der Waals surface area (Å²) in [6, 6.07) is 1.82. The molecular formula is C17H23NO6. The van der Waals surface area contributed by atoms with E-state index in [9.17, 15) is 24.4 Å². The van der Waals surface area contributed by atoms with Crippen LogP contribution in [-0.2, 0) is 28.7 Å². The summed E-state index contributed by atoms with van der Waals surface area (Å²) in [6.07, 6.45) is 1.86. The molecule has 7 nitrogen and oxygen atoms in total. The van der Waals surface area contributed by atoms with Crippen LogP contribution in [0.1, 0.15) is 40.5 Å². The van der Waals surface area contributed by atoms with Crippen LogP contribution in [0, 0.1) is 22.7 Å². The third-order valence-electron chi connectivity index (χ3n) is 3.33. The third-order valence-corrected chi connectivity index (χ3v) is 3.33. The third kappa shape index (κ3) is 6.32. The molecule has 0 unspecified atom stereocenters. The number of hydrogen-bond donors (Lipinski definition) is 0. The molecule has 132 valence electrons. The highest BCUT2D eigenvalue weighted by Gasteiger charge is 2.39. The molecule has 7 heteroatoms. The molecule has 2 atom stereocenters. The summed E-state index contributed by atoms with van der Waals surface area (Å²) in [6.45, 7) is 6.11. The summed E-state index contributed by atoms with van der Waals surface area (Å²) in [7, 11) is 0. The van der Waals surface area contributed by atoms with Crippen molar-refractivity contribution >= 4 is 23.5 Å². The summed E-state index contributed by atoms with van der Waals surface area (Å²) in [5, 5.41) is 9.42. The van der Waals surface area contributed by atoms with Gasteiger partial charge in [0.15, 0.2) is 11.2 Å². The molecule has 0 fully saturated rings. The lowest BCUT2D eigenvalue weighted by Crippen LogP contribution is -2.32. The molecule has 0 aromatic rings. The lowest BCUT2D eigenvalue weighted by atomic mass is 9.82. The van der Waals surface area contributed by atoms with Gasteiger partial charge in [-0.2, -0.15) is 5.26 Å². The van der Waals surface area contributed by atoms with Crippen LogP contribution in [0.2, 0.25) is 0 Å². The first-order valence-corrected chi connectivity index (χ1v) is 7.71. The smallest absolute Gasteiger partial charge is 0.330 e. The van der Waals surface area contributed by atoms with Crippen LogP contribution in [0.15, 0.2) is 12.2 Å². The van der Waals surface area contributed by atoms with Crippen molar-refractivity contribution < 1.29 is 28.7 Å². The second kappa shape index (κ2) is 10.3. The molecule has 0 radical (unpaired) electrons. The average Bonchev–Trinajstić information content (AvgIpc) is 2.54. The molecule has 0 bridgehead atoms. The largest absolute Gasteiger partial charge is 0.465 e. The Kier molecular flexibility index (Phi) is 9.25. The van der Waals surface area contributed by atoms with Crippen molar-refractivity contribution in [2.75, 3.05) is 13.2 Å². The minimum atomic E-state index is -1.74. The van der Waals surface area contributed by atoms with Crippen LogP contribution in [0.4, 0.5) is 0 Å². The van der Waals surface area contributed by atoms with Crippen LogP contribution < -0.4 is 0 Å². The highest BCUT2D eigenvalue weighted by molar-refractivity contribution is 5.99. The number of nitriles is 1. The fourth-order valence-electron chi connectivity index (χ4n) is 1.85. The van der Waals surface area contributed by atoms with Gasteiger partial charge in [0.25, 0.3) is 0 Å². The standard InChI is InChI=1S/C17H23NO6/c1-5-23-15(21)13(4)14(20)8-10-17(11-18,9-7-12(3)19)16(22)24-6-2/h7,9,13H,5-6,8,10H2,1-4H3/b9-7-/t13-,17-/m1/s1. The molecule has 0 heterocycles. The zero-order valence-corrected chi connectivity index (χ0v) is 14.5. The molecule has 0 N–H and O–H groups in total. The van der Waals surface area contributed by atoms with Gasteiger partial charge < -0.3 is 9.47 Å². The van der Waals surface area contributed by atoms with E-state index < -0.39 is 29.1 Å². The van der Waals surface area contributed by atoms with Gasteiger partial charge in [-0.15, -0.1) is 0 Å². The average molecular weight is 337 g/mol. The number of ether oxygens (including phenoxy) is 2. The Morgan fingerprint density at radius 2 is 1.75 bits per heavy atom. The zero-order chi connectivity index (χ0) is 18.8. The van der Waals surface area contributed by atoms with Crippen molar-refractivity contribution in [1.82, 2.24) is 0 Å². The molecule has 0 aromatic carbocycles. The van der Waals surface area contributed by atoms with Crippen LogP contribution in [0.5, 0.6) is 0 Å². The molecular weight excluding hydrogens is 314 g/mol.